The van der Waals surface area contributed by atoms with Gasteiger partial charge in [0.2, 0.25) is 10.0 Å². The van der Waals surface area contributed by atoms with E-state index in [-0.39, 0.29) is 0 Å². The number of benzene rings is 1. The van der Waals surface area contributed by atoms with E-state index in [1.54, 1.807) is 18.2 Å². The van der Waals surface area contributed by atoms with Crippen molar-refractivity contribution in [1.29, 1.82) is 0 Å². The number of anilines is 2. The molecule has 1 unspecified atom stereocenters. The van der Waals surface area contributed by atoms with Gasteiger partial charge in [0.1, 0.15) is 0 Å². The average molecular weight is 290 g/mol. The van der Waals surface area contributed by atoms with Crippen LogP contribution in [0, 0.1) is 0 Å². The topological polar surface area (TPSA) is 70.2 Å². The summed E-state index contributed by atoms with van der Waals surface area (Å²) in [5.74, 6) is 0. The smallest absolute Gasteiger partial charge is 0.229 e. The van der Waals surface area contributed by atoms with Gasteiger partial charge in [-0.1, -0.05) is 11.6 Å². The van der Waals surface area contributed by atoms with Crippen molar-refractivity contribution in [2.45, 2.75) is 12.5 Å². The Kier molecular flexibility index (Phi) is 3.99. The van der Waals surface area contributed by atoms with Gasteiger partial charge in [-0.15, -0.1) is 0 Å². The van der Waals surface area contributed by atoms with Gasteiger partial charge < -0.3 is 10.6 Å². The molecule has 1 aliphatic rings. The molecule has 18 heavy (non-hydrogen) atoms. The van der Waals surface area contributed by atoms with Gasteiger partial charge in [-0.25, -0.2) is 8.42 Å². The van der Waals surface area contributed by atoms with E-state index in [0.29, 0.717) is 16.8 Å². The Labute approximate surface area is 112 Å². The first-order chi connectivity index (χ1) is 8.44. The third-order valence-corrected chi connectivity index (χ3v) is 3.63. The minimum Gasteiger partial charge on any atom is -0.380 e. The zero-order valence-corrected chi connectivity index (χ0v) is 11.6. The van der Waals surface area contributed by atoms with E-state index in [4.69, 9.17) is 11.6 Å². The van der Waals surface area contributed by atoms with Gasteiger partial charge in [-0.2, -0.15) is 0 Å². The van der Waals surface area contributed by atoms with Gasteiger partial charge in [0, 0.05) is 12.6 Å². The van der Waals surface area contributed by atoms with Gasteiger partial charge in [0.25, 0.3) is 0 Å². The van der Waals surface area contributed by atoms with Crippen molar-refractivity contribution in [3.8, 4) is 0 Å². The Bertz CT molecular complexity index is 527. The molecule has 0 bridgehead atoms. The molecule has 100 valence electrons. The fourth-order valence-electron chi connectivity index (χ4n) is 1.91. The van der Waals surface area contributed by atoms with Gasteiger partial charge in [0.05, 0.1) is 22.7 Å². The summed E-state index contributed by atoms with van der Waals surface area (Å²) in [6, 6.07) is 5.36. The lowest BCUT2D eigenvalue weighted by Gasteiger charge is -2.15. The fourth-order valence-corrected chi connectivity index (χ4v) is 2.64. The predicted molar refractivity (Wildman–Crippen MR) is 74.8 cm³/mol. The largest absolute Gasteiger partial charge is 0.380 e. The van der Waals surface area contributed by atoms with E-state index in [0.717, 1.165) is 31.5 Å². The van der Waals surface area contributed by atoms with Crippen molar-refractivity contribution < 1.29 is 8.42 Å². The molecular formula is C11H16ClN3O2S. The van der Waals surface area contributed by atoms with E-state index < -0.39 is 10.0 Å². The summed E-state index contributed by atoms with van der Waals surface area (Å²) in [4.78, 5) is 0. The number of sulfonamides is 1. The van der Waals surface area contributed by atoms with Crippen LogP contribution in [0.3, 0.4) is 0 Å². The highest BCUT2D eigenvalue weighted by Crippen LogP contribution is 2.27. The number of hydrogen-bond donors (Lipinski definition) is 3. The molecule has 5 nitrogen and oxygen atoms in total. The first kappa shape index (κ1) is 13.5. The van der Waals surface area contributed by atoms with Gasteiger partial charge in [-0.05, 0) is 31.2 Å². The molecule has 0 aromatic heterocycles. The standard InChI is InChI=1S/C11H16ClN3O2S/c1-18(16,17)15-8-2-3-10(12)11(6-8)14-9-4-5-13-7-9/h2-3,6,9,13-15H,4-5,7H2,1H3. The lowest BCUT2D eigenvalue weighted by atomic mass is 10.2. The molecule has 1 heterocycles. The van der Waals surface area contributed by atoms with Crippen molar-refractivity contribution in [1.82, 2.24) is 5.32 Å². The maximum atomic E-state index is 11.2. The van der Waals surface area contributed by atoms with Crippen LogP contribution in [0.2, 0.25) is 5.02 Å². The van der Waals surface area contributed by atoms with Gasteiger partial charge in [-0.3, -0.25) is 4.72 Å². The Morgan fingerprint density at radius 1 is 1.44 bits per heavy atom. The Hall–Kier alpha value is -0.980. The van der Waals surface area contributed by atoms with Crippen molar-refractivity contribution in [2.24, 2.45) is 0 Å². The van der Waals surface area contributed by atoms with Gasteiger partial charge in [0.15, 0.2) is 0 Å². The molecule has 1 aromatic rings. The van der Waals surface area contributed by atoms with Crippen LogP contribution in [0.15, 0.2) is 18.2 Å². The monoisotopic (exact) mass is 289 g/mol. The summed E-state index contributed by atoms with van der Waals surface area (Å²) in [6.07, 6.45) is 2.15. The summed E-state index contributed by atoms with van der Waals surface area (Å²) >= 11 is 6.09. The Morgan fingerprint density at radius 3 is 2.83 bits per heavy atom. The third kappa shape index (κ3) is 3.76. The van der Waals surface area contributed by atoms with E-state index in [1.165, 1.54) is 0 Å². The van der Waals surface area contributed by atoms with Crippen LogP contribution in [-0.2, 0) is 10.0 Å². The summed E-state index contributed by atoms with van der Waals surface area (Å²) in [5, 5.41) is 7.14. The van der Waals surface area contributed by atoms with Crippen LogP contribution in [0.1, 0.15) is 6.42 Å². The molecule has 0 spiro atoms. The maximum Gasteiger partial charge on any atom is 0.229 e. The maximum absolute atomic E-state index is 11.2. The van der Waals surface area contributed by atoms with E-state index >= 15 is 0 Å². The molecule has 1 atom stereocenters. The highest BCUT2D eigenvalue weighted by Gasteiger charge is 2.15. The first-order valence-corrected chi connectivity index (χ1v) is 7.95. The molecule has 1 saturated heterocycles. The molecule has 0 radical (unpaired) electrons. The Balaban J connectivity index is 2.15. The zero-order chi connectivity index (χ0) is 13.2. The van der Waals surface area contributed by atoms with Crippen molar-refractivity contribution in [2.75, 3.05) is 29.4 Å². The molecule has 1 aliphatic heterocycles. The lowest BCUT2D eigenvalue weighted by Crippen LogP contribution is -2.22. The van der Waals surface area contributed by atoms with Crippen LogP contribution >= 0.6 is 11.6 Å². The highest BCUT2D eigenvalue weighted by molar-refractivity contribution is 7.92. The van der Waals surface area contributed by atoms with Crippen molar-refractivity contribution >= 4 is 33.0 Å². The predicted octanol–water partition coefficient (Wildman–Crippen LogP) is 1.49. The Morgan fingerprint density at radius 2 is 2.22 bits per heavy atom. The molecule has 7 heteroatoms. The quantitative estimate of drug-likeness (QED) is 0.785. The fraction of sp³-hybridized carbons (Fsp3) is 0.455. The minimum atomic E-state index is -3.27. The number of rotatable bonds is 4. The summed E-state index contributed by atoms with van der Waals surface area (Å²) < 4.78 is 24.8. The summed E-state index contributed by atoms with van der Waals surface area (Å²) in [6.45, 7) is 1.87. The third-order valence-electron chi connectivity index (χ3n) is 2.69. The molecule has 2 rings (SSSR count). The molecule has 3 N–H and O–H groups in total. The van der Waals surface area contributed by atoms with Crippen LogP contribution in [-0.4, -0.2) is 33.8 Å². The molecular weight excluding hydrogens is 274 g/mol. The van der Waals surface area contributed by atoms with Crippen molar-refractivity contribution in [3.05, 3.63) is 23.2 Å². The average Bonchev–Trinajstić information content (AvgIpc) is 2.73. The van der Waals surface area contributed by atoms with Crippen molar-refractivity contribution in [3.63, 3.8) is 0 Å². The second-order valence-electron chi connectivity index (χ2n) is 4.40. The molecule has 0 aliphatic carbocycles. The van der Waals surface area contributed by atoms with Crippen LogP contribution in [0.5, 0.6) is 0 Å². The normalized spacial score (nSPS) is 19.8. The van der Waals surface area contributed by atoms with Crippen LogP contribution < -0.4 is 15.4 Å². The number of hydrogen-bond acceptors (Lipinski definition) is 4. The second kappa shape index (κ2) is 5.34. The molecule has 1 fully saturated rings. The van der Waals surface area contributed by atoms with Crippen LogP contribution in [0.4, 0.5) is 11.4 Å². The van der Waals surface area contributed by atoms with E-state index in [9.17, 15) is 8.42 Å². The SMILES string of the molecule is CS(=O)(=O)Nc1ccc(Cl)c(NC2CCNC2)c1. The first-order valence-electron chi connectivity index (χ1n) is 5.69. The minimum absolute atomic E-state index is 0.330. The van der Waals surface area contributed by atoms with E-state index in [2.05, 4.69) is 15.4 Å². The van der Waals surface area contributed by atoms with Crippen LogP contribution in [0.25, 0.3) is 0 Å². The summed E-state index contributed by atoms with van der Waals surface area (Å²) in [7, 11) is -3.27. The number of halogens is 1. The molecule has 0 saturated carbocycles. The number of nitrogens with one attached hydrogen (secondary N) is 3. The molecule has 1 aromatic carbocycles. The summed E-state index contributed by atoms with van der Waals surface area (Å²) in [5.41, 5.74) is 1.26. The molecule has 0 amide bonds. The van der Waals surface area contributed by atoms with E-state index in [1.807, 2.05) is 0 Å². The highest BCUT2D eigenvalue weighted by atomic mass is 35.5. The lowest BCUT2D eigenvalue weighted by molar-refractivity contribution is 0.607. The zero-order valence-electron chi connectivity index (χ0n) is 10.0. The van der Waals surface area contributed by atoms with Gasteiger partial charge >= 0.3 is 0 Å². The second-order valence-corrected chi connectivity index (χ2v) is 6.56.